The molecule has 7 heteroatoms. The number of fused-ring (bicyclic) bond motifs is 1. The van der Waals surface area contributed by atoms with Crippen molar-refractivity contribution in [3.8, 4) is 0 Å². The third kappa shape index (κ3) is 3.46. The van der Waals surface area contributed by atoms with Crippen molar-refractivity contribution in [2.45, 2.75) is 50.1 Å². The minimum absolute atomic E-state index is 0.0456. The van der Waals surface area contributed by atoms with Gasteiger partial charge in [0.15, 0.2) is 11.0 Å². The fraction of sp³-hybridized carbons (Fsp3) is 0.444. The van der Waals surface area contributed by atoms with Crippen LogP contribution in [-0.2, 0) is 12.2 Å². The van der Waals surface area contributed by atoms with Gasteiger partial charge in [-0.05, 0) is 30.9 Å². The van der Waals surface area contributed by atoms with Crippen LogP contribution in [-0.4, -0.2) is 19.7 Å². The molecule has 0 atom stereocenters. The predicted molar refractivity (Wildman–Crippen MR) is 96.7 cm³/mol. The molecule has 0 amide bonds. The number of benzene rings is 1. The zero-order valence-electron chi connectivity index (χ0n) is 14.3. The fourth-order valence-corrected chi connectivity index (χ4v) is 3.70. The maximum absolute atomic E-state index is 12.8. The van der Waals surface area contributed by atoms with Crippen molar-refractivity contribution < 1.29 is 4.52 Å². The zero-order valence-corrected chi connectivity index (χ0v) is 15.1. The lowest BCUT2D eigenvalue weighted by Gasteiger charge is -2.11. The Labute approximate surface area is 149 Å². The average Bonchev–Trinajstić information content (AvgIpc) is 3.32. The van der Waals surface area contributed by atoms with Gasteiger partial charge in [-0.3, -0.25) is 9.36 Å². The van der Waals surface area contributed by atoms with E-state index in [1.54, 1.807) is 0 Å². The Morgan fingerprint density at radius 3 is 2.84 bits per heavy atom. The normalized spacial score (nSPS) is 14.5. The van der Waals surface area contributed by atoms with E-state index in [0.717, 1.165) is 29.9 Å². The van der Waals surface area contributed by atoms with Gasteiger partial charge in [-0.15, -0.1) is 0 Å². The first-order valence-corrected chi connectivity index (χ1v) is 9.56. The highest BCUT2D eigenvalue weighted by Gasteiger charge is 2.28. The molecule has 1 aromatic carbocycles. The number of thioether (sulfide) groups is 1. The highest BCUT2D eigenvalue weighted by Crippen LogP contribution is 2.37. The highest BCUT2D eigenvalue weighted by atomic mass is 32.2. The summed E-state index contributed by atoms with van der Waals surface area (Å²) in [7, 11) is 0. The van der Waals surface area contributed by atoms with Crippen molar-refractivity contribution in [2.75, 3.05) is 0 Å². The molecule has 0 unspecified atom stereocenters. The number of rotatable bonds is 6. The van der Waals surface area contributed by atoms with Crippen molar-refractivity contribution in [3.63, 3.8) is 0 Å². The summed E-state index contributed by atoms with van der Waals surface area (Å²) in [5, 5.41) is 5.45. The molecule has 1 aliphatic carbocycles. The fourth-order valence-electron chi connectivity index (χ4n) is 2.79. The first-order valence-electron chi connectivity index (χ1n) is 8.57. The van der Waals surface area contributed by atoms with Gasteiger partial charge in [-0.2, -0.15) is 4.98 Å². The van der Waals surface area contributed by atoms with E-state index in [9.17, 15) is 4.79 Å². The number of nitrogens with zero attached hydrogens (tertiary/aromatic N) is 4. The molecular formula is C18H20N4O2S. The zero-order chi connectivity index (χ0) is 17.4. The molecule has 2 aromatic heterocycles. The Morgan fingerprint density at radius 2 is 2.08 bits per heavy atom. The number of para-hydroxylation sites is 1. The van der Waals surface area contributed by atoms with Crippen molar-refractivity contribution in [2.24, 2.45) is 5.92 Å². The topological polar surface area (TPSA) is 73.8 Å². The molecule has 1 fully saturated rings. The highest BCUT2D eigenvalue weighted by molar-refractivity contribution is 7.98. The first kappa shape index (κ1) is 16.3. The van der Waals surface area contributed by atoms with E-state index in [1.807, 2.05) is 28.8 Å². The summed E-state index contributed by atoms with van der Waals surface area (Å²) in [4.78, 5) is 22.0. The lowest BCUT2D eigenvalue weighted by atomic mass is 10.1. The van der Waals surface area contributed by atoms with E-state index in [2.05, 4.69) is 24.0 Å². The largest absolute Gasteiger partial charge is 0.339 e. The van der Waals surface area contributed by atoms with Crippen LogP contribution in [0.25, 0.3) is 10.9 Å². The summed E-state index contributed by atoms with van der Waals surface area (Å²) in [6.45, 7) is 4.23. The molecule has 1 saturated carbocycles. The summed E-state index contributed by atoms with van der Waals surface area (Å²) >= 11 is 1.50. The summed E-state index contributed by atoms with van der Waals surface area (Å²) in [6.07, 6.45) is 2.85. The maximum Gasteiger partial charge on any atom is 0.262 e. The molecule has 0 spiro atoms. The molecule has 3 aromatic rings. The van der Waals surface area contributed by atoms with Crippen LogP contribution in [0.1, 0.15) is 44.4 Å². The second-order valence-electron chi connectivity index (χ2n) is 6.81. The Hall–Kier alpha value is -2.15. The van der Waals surface area contributed by atoms with Gasteiger partial charge in [-0.25, -0.2) is 4.98 Å². The maximum atomic E-state index is 12.8. The number of hydrogen-bond donors (Lipinski definition) is 0. The summed E-state index contributed by atoms with van der Waals surface area (Å²) < 4.78 is 7.12. The smallest absolute Gasteiger partial charge is 0.262 e. The van der Waals surface area contributed by atoms with Crippen LogP contribution in [0.15, 0.2) is 38.7 Å². The molecule has 4 rings (SSSR count). The third-order valence-electron chi connectivity index (χ3n) is 4.11. The number of hydrogen-bond acceptors (Lipinski definition) is 6. The van der Waals surface area contributed by atoms with Crippen LogP contribution in [0, 0.1) is 5.92 Å². The van der Waals surface area contributed by atoms with E-state index in [0.29, 0.717) is 28.8 Å². The predicted octanol–water partition coefficient (Wildman–Crippen LogP) is 3.61. The van der Waals surface area contributed by atoms with Crippen LogP contribution >= 0.6 is 11.8 Å². The van der Waals surface area contributed by atoms with Gasteiger partial charge in [0.1, 0.15) is 0 Å². The molecule has 2 heterocycles. The second kappa shape index (κ2) is 6.63. The molecule has 0 N–H and O–H groups in total. The van der Waals surface area contributed by atoms with E-state index in [1.165, 1.54) is 11.8 Å². The van der Waals surface area contributed by atoms with Crippen LogP contribution in [0.5, 0.6) is 0 Å². The SMILES string of the molecule is CC(C)Cc1nc(CSc2nc3ccccc3c(=O)n2C2CC2)no1. The second-order valence-corrected chi connectivity index (χ2v) is 7.75. The van der Waals surface area contributed by atoms with Crippen molar-refractivity contribution in [1.29, 1.82) is 0 Å². The van der Waals surface area contributed by atoms with Gasteiger partial charge in [-0.1, -0.05) is 42.9 Å². The standard InChI is InChI=1S/C18H20N4O2S/c1-11(2)9-16-20-15(21-24-16)10-25-18-19-14-6-4-3-5-13(14)17(23)22(18)12-7-8-12/h3-6,11-12H,7-10H2,1-2H3. The van der Waals surface area contributed by atoms with Gasteiger partial charge >= 0.3 is 0 Å². The Balaban J connectivity index is 1.61. The van der Waals surface area contributed by atoms with Crippen LogP contribution in [0.2, 0.25) is 0 Å². The van der Waals surface area contributed by atoms with Crippen molar-refractivity contribution in [3.05, 3.63) is 46.3 Å². The van der Waals surface area contributed by atoms with E-state index < -0.39 is 0 Å². The summed E-state index contributed by atoms with van der Waals surface area (Å²) in [5.74, 6) is 2.32. The van der Waals surface area contributed by atoms with Crippen molar-refractivity contribution >= 4 is 22.7 Å². The van der Waals surface area contributed by atoms with E-state index >= 15 is 0 Å². The molecule has 1 aliphatic rings. The van der Waals surface area contributed by atoms with Gasteiger partial charge in [0, 0.05) is 12.5 Å². The Bertz CT molecular complexity index is 959. The van der Waals surface area contributed by atoms with Gasteiger partial charge in [0.05, 0.1) is 16.7 Å². The van der Waals surface area contributed by atoms with Crippen molar-refractivity contribution in [1.82, 2.24) is 19.7 Å². The van der Waals surface area contributed by atoms with Gasteiger partial charge in [0.25, 0.3) is 5.56 Å². The van der Waals surface area contributed by atoms with E-state index in [4.69, 9.17) is 9.51 Å². The average molecular weight is 356 g/mol. The summed E-state index contributed by atoms with van der Waals surface area (Å²) in [6, 6.07) is 7.78. The molecule has 130 valence electrons. The minimum Gasteiger partial charge on any atom is -0.339 e. The van der Waals surface area contributed by atoms with E-state index in [-0.39, 0.29) is 11.6 Å². The van der Waals surface area contributed by atoms with Gasteiger partial charge < -0.3 is 4.52 Å². The quantitative estimate of drug-likeness (QED) is 0.496. The lowest BCUT2D eigenvalue weighted by molar-refractivity contribution is 0.360. The first-order chi connectivity index (χ1) is 12.1. The van der Waals surface area contributed by atoms with Crippen LogP contribution in [0.4, 0.5) is 0 Å². The molecular weight excluding hydrogens is 336 g/mol. The van der Waals surface area contributed by atoms with Gasteiger partial charge in [0.2, 0.25) is 5.89 Å². The minimum atomic E-state index is 0.0456. The molecule has 0 radical (unpaired) electrons. The molecule has 0 bridgehead atoms. The van der Waals surface area contributed by atoms with Crippen LogP contribution < -0.4 is 5.56 Å². The molecule has 0 aliphatic heterocycles. The molecule has 25 heavy (non-hydrogen) atoms. The Kier molecular flexibility index (Phi) is 4.33. The third-order valence-corrected chi connectivity index (χ3v) is 5.06. The monoisotopic (exact) mass is 356 g/mol. The van der Waals surface area contributed by atoms with Crippen LogP contribution in [0.3, 0.4) is 0 Å². The number of aromatic nitrogens is 4. The molecule has 6 nitrogen and oxygen atoms in total. The Morgan fingerprint density at radius 1 is 1.28 bits per heavy atom. The molecule has 0 saturated heterocycles. The summed E-state index contributed by atoms with van der Waals surface area (Å²) in [5.41, 5.74) is 0.782. The lowest BCUT2D eigenvalue weighted by Crippen LogP contribution is -2.22.